The summed E-state index contributed by atoms with van der Waals surface area (Å²) in [6.45, 7) is 0.324. The summed E-state index contributed by atoms with van der Waals surface area (Å²) in [7, 11) is 0. The first-order chi connectivity index (χ1) is 9.60. The maximum Gasteiger partial charge on any atom is 0.254 e. The van der Waals surface area contributed by atoms with Crippen molar-refractivity contribution in [2.75, 3.05) is 0 Å². The Hall–Kier alpha value is -1.69. The summed E-state index contributed by atoms with van der Waals surface area (Å²) in [6.07, 6.45) is 0. The number of rotatable bonds is 4. The summed E-state index contributed by atoms with van der Waals surface area (Å²) in [4.78, 5) is 12.0. The van der Waals surface area contributed by atoms with Crippen molar-refractivity contribution < 1.29 is 9.90 Å². The van der Waals surface area contributed by atoms with Crippen LogP contribution in [0.2, 0.25) is 10.3 Å². The zero-order valence-electron chi connectivity index (χ0n) is 10.3. The summed E-state index contributed by atoms with van der Waals surface area (Å²) in [5, 5.41) is 18.9. The molecule has 0 fully saturated rings. The fraction of sp³-hybridized carbons (Fsp3) is 0.154. The molecule has 2 rings (SSSR count). The third-order valence-electron chi connectivity index (χ3n) is 2.62. The highest BCUT2D eigenvalue weighted by Crippen LogP contribution is 2.15. The van der Waals surface area contributed by atoms with E-state index < -0.39 is 0 Å². The Kier molecular flexibility index (Phi) is 4.89. The summed E-state index contributed by atoms with van der Waals surface area (Å²) in [6, 6.07) is 8.59. The van der Waals surface area contributed by atoms with Gasteiger partial charge in [-0.25, -0.2) is 0 Å². The Morgan fingerprint density at radius 2 is 1.80 bits per heavy atom. The molecule has 0 aliphatic carbocycles. The molecular weight excluding hydrogens is 301 g/mol. The molecule has 104 valence electrons. The highest BCUT2D eigenvalue weighted by Gasteiger charge is 2.12. The smallest absolute Gasteiger partial charge is 0.254 e. The van der Waals surface area contributed by atoms with E-state index in [2.05, 4.69) is 15.5 Å². The van der Waals surface area contributed by atoms with Crippen molar-refractivity contribution in [1.82, 2.24) is 15.5 Å². The number of amides is 1. The van der Waals surface area contributed by atoms with Gasteiger partial charge in [0.15, 0.2) is 10.3 Å². The van der Waals surface area contributed by atoms with Gasteiger partial charge in [-0.3, -0.25) is 4.79 Å². The first-order valence-corrected chi connectivity index (χ1v) is 6.51. The van der Waals surface area contributed by atoms with Crippen molar-refractivity contribution in [2.24, 2.45) is 0 Å². The van der Waals surface area contributed by atoms with Crippen LogP contribution in [0.5, 0.6) is 0 Å². The van der Waals surface area contributed by atoms with Crippen molar-refractivity contribution in [3.05, 3.63) is 57.3 Å². The largest absolute Gasteiger partial charge is 0.392 e. The minimum atomic E-state index is -0.377. The maximum atomic E-state index is 12.0. The number of hydrogen-bond donors (Lipinski definition) is 2. The Morgan fingerprint density at radius 1 is 1.15 bits per heavy atom. The maximum absolute atomic E-state index is 12.0. The van der Waals surface area contributed by atoms with Crippen LogP contribution in [0, 0.1) is 0 Å². The second-order valence-electron chi connectivity index (χ2n) is 4.03. The van der Waals surface area contributed by atoms with Gasteiger partial charge in [0.25, 0.3) is 5.91 Å². The zero-order chi connectivity index (χ0) is 14.5. The molecule has 1 amide bonds. The van der Waals surface area contributed by atoms with E-state index in [1.807, 2.05) is 12.1 Å². The molecule has 2 aromatic rings. The number of halogens is 2. The van der Waals surface area contributed by atoms with Crippen LogP contribution >= 0.6 is 23.2 Å². The zero-order valence-corrected chi connectivity index (χ0v) is 11.8. The van der Waals surface area contributed by atoms with Crippen LogP contribution in [-0.4, -0.2) is 21.2 Å². The van der Waals surface area contributed by atoms with Crippen molar-refractivity contribution >= 4 is 29.1 Å². The third kappa shape index (κ3) is 3.66. The molecule has 1 aromatic heterocycles. The van der Waals surface area contributed by atoms with Gasteiger partial charge in [-0.1, -0.05) is 47.5 Å². The minimum Gasteiger partial charge on any atom is -0.392 e. The SMILES string of the molecule is O=C(NCc1ccc(CO)cc1)c1cc(Cl)nnc1Cl. The highest BCUT2D eigenvalue weighted by atomic mass is 35.5. The van der Waals surface area contributed by atoms with Crippen molar-refractivity contribution in [3.63, 3.8) is 0 Å². The van der Waals surface area contributed by atoms with Crippen LogP contribution in [-0.2, 0) is 13.2 Å². The van der Waals surface area contributed by atoms with E-state index in [0.29, 0.717) is 6.54 Å². The molecule has 7 heteroatoms. The van der Waals surface area contributed by atoms with Crippen LogP contribution in [0.1, 0.15) is 21.5 Å². The summed E-state index contributed by atoms with van der Waals surface area (Å²) < 4.78 is 0. The number of carbonyl (C=O) groups excluding carboxylic acids is 1. The number of nitrogens with one attached hydrogen (secondary N) is 1. The number of aromatic nitrogens is 2. The summed E-state index contributed by atoms with van der Waals surface area (Å²) in [5.41, 5.74) is 1.90. The lowest BCUT2D eigenvalue weighted by molar-refractivity contribution is 0.0950. The van der Waals surface area contributed by atoms with Gasteiger partial charge < -0.3 is 10.4 Å². The van der Waals surface area contributed by atoms with E-state index in [9.17, 15) is 4.79 Å². The molecule has 0 saturated heterocycles. The number of aliphatic hydroxyl groups is 1. The van der Waals surface area contributed by atoms with Crippen LogP contribution in [0.3, 0.4) is 0 Å². The Morgan fingerprint density at radius 3 is 2.45 bits per heavy atom. The summed E-state index contributed by atoms with van der Waals surface area (Å²) in [5.74, 6) is -0.377. The first kappa shape index (κ1) is 14.7. The Balaban J connectivity index is 2.02. The minimum absolute atomic E-state index is 0.00234. The van der Waals surface area contributed by atoms with Gasteiger partial charge in [0.1, 0.15) is 0 Å². The average molecular weight is 312 g/mol. The molecule has 0 radical (unpaired) electrons. The molecular formula is C13H11Cl2N3O2. The molecule has 1 aromatic carbocycles. The lowest BCUT2D eigenvalue weighted by Gasteiger charge is -2.07. The van der Waals surface area contributed by atoms with E-state index in [0.717, 1.165) is 11.1 Å². The predicted octanol–water partition coefficient (Wildman–Crippen LogP) is 2.21. The molecule has 0 atom stereocenters. The van der Waals surface area contributed by atoms with Crippen LogP contribution in [0.4, 0.5) is 0 Å². The quantitative estimate of drug-likeness (QED) is 0.907. The summed E-state index contributed by atoms with van der Waals surface area (Å²) >= 11 is 11.5. The number of carbonyl (C=O) groups is 1. The normalized spacial score (nSPS) is 10.3. The number of aliphatic hydroxyl groups excluding tert-OH is 1. The van der Waals surface area contributed by atoms with Crippen molar-refractivity contribution in [2.45, 2.75) is 13.2 Å². The third-order valence-corrected chi connectivity index (χ3v) is 3.09. The van der Waals surface area contributed by atoms with Crippen molar-refractivity contribution in [3.8, 4) is 0 Å². The van der Waals surface area contributed by atoms with E-state index in [1.165, 1.54) is 6.07 Å². The molecule has 2 N–H and O–H groups in total. The fourth-order valence-corrected chi connectivity index (χ4v) is 1.88. The van der Waals surface area contributed by atoms with Gasteiger partial charge in [0.05, 0.1) is 12.2 Å². The number of hydrogen-bond acceptors (Lipinski definition) is 4. The molecule has 0 aliphatic rings. The topological polar surface area (TPSA) is 75.1 Å². The van der Waals surface area contributed by atoms with Crippen LogP contribution in [0.25, 0.3) is 0 Å². The van der Waals surface area contributed by atoms with Gasteiger partial charge in [0, 0.05) is 6.54 Å². The lowest BCUT2D eigenvalue weighted by atomic mass is 10.1. The highest BCUT2D eigenvalue weighted by molar-refractivity contribution is 6.34. The molecule has 20 heavy (non-hydrogen) atoms. The van der Waals surface area contributed by atoms with E-state index >= 15 is 0 Å². The van der Waals surface area contributed by atoms with Crippen LogP contribution < -0.4 is 5.32 Å². The van der Waals surface area contributed by atoms with E-state index in [1.54, 1.807) is 12.1 Å². The van der Waals surface area contributed by atoms with Crippen LogP contribution in [0.15, 0.2) is 30.3 Å². The second kappa shape index (κ2) is 6.65. The number of nitrogens with zero attached hydrogens (tertiary/aromatic N) is 2. The molecule has 0 aliphatic heterocycles. The van der Waals surface area contributed by atoms with Gasteiger partial charge >= 0.3 is 0 Å². The molecule has 1 heterocycles. The van der Waals surface area contributed by atoms with Gasteiger partial charge in [-0.05, 0) is 17.2 Å². The fourth-order valence-electron chi connectivity index (χ4n) is 1.55. The molecule has 0 unspecified atom stereocenters. The molecule has 0 saturated carbocycles. The van der Waals surface area contributed by atoms with Crippen molar-refractivity contribution in [1.29, 1.82) is 0 Å². The lowest BCUT2D eigenvalue weighted by Crippen LogP contribution is -2.23. The van der Waals surface area contributed by atoms with Gasteiger partial charge in [-0.15, -0.1) is 10.2 Å². The van der Waals surface area contributed by atoms with E-state index in [4.69, 9.17) is 28.3 Å². The molecule has 0 bridgehead atoms. The van der Waals surface area contributed by atoms with E-state index in [-0.39, 0.29) is 28.4 Å². The second-order valence-corrected chi connectivity index (χ2v) is 4.77. The van der Waals surface area contributed by atoms with Gasteiger partial charge in [-0.2, -0.15) is 0 Å². The molecule has 0 spiro atoms. The first-order valence-electron chi connectivity index (χ1n) is 5.75. The number of benzene rings is 1. The Bertz CT molecular complexity index is 618. The standard InChI is InChI=1S/C13H11Cl2N3O2/c14-11-5-10(12(15)18-17-11)13(20)16-6-8-1-3-9(7-19)4-2-8/h1-5,19H,6-7H2,(H,16,20). The monoisotopic (exact) mass is 311 g/mol. The Labute approximate surface area is 125 Å². The average Bonchev–Trinajstić information content (AvgIpc) is 2.47. The van der Waals surface area contributed by atoms with Gasteiger partial charge in [0.2, 0.25) is 0 Å². The predicted molar refractivity (Wildman–Crippen MR) is 75.6 cm³/mol. The molecule has 5 nitrogen and oxygen atoms in total.